The van der Waals surface area contributed by atoms with Crippen LogP contribution in [0.15, 0.2) is 0 Å². The molecule has 576 valence electrons. The van der Waals surface area contributed by atoms with Crippen molar-refractivity contribution in [2.24, 2.45) is 23.7 Å². The molecule has 97 heavy (non-hydrogen) atoms. The van der Waals surface area contributed by atoms with E-state index in [0.717, 1.165) is 114 Å². The summed E-state index contributed by atoms with van der Waals surface area (Å²) < 4.78 is 68.6. The first-order chi connectivity index (χ1) is 46.6. The third kappa shape index (κ3) is 72.2. The Kier molecular flexibility index (Phi) is 65.9. The third-order valence-electron chi connectivity index (χ3n) is 18.1. The lowest BCUT2D eigenvalue weighted by atomic mass is 10.0. The van der Waals surface area contributed by atoms with Crippen LogP contribution >= 0.6 is 15.6 Å². The number of aliphatic hydroxyl groups is 1. The summed E-state index contributed by atoms with van der Waals surface area (Å²) in [5.41, 5.74) is 0. The van der Waals surface area contributed by atoms with E-state index in [-0.39, 0.29) is 25.7 Å². The number of esters is 4. The minimum absolute atomic E-state index is 0.105. The molecule has 5 atom stereocenters. The van der Waals surface area contributed by atoms with E-state index in [1.54, 1.807) is 0 Å². The molecule has 0 spiro atoms. The summed E-state index contributed by atoms with van der Waals surface area (Å²) in [6, 6.07) is 0. The molecule has 0 heterocycles. The topological polar surface area (TPSA) is 237 Å². The number of aliphatic hydroxyl groups excluding tert-OH is 1. The maximum Gasteiger partial charge on any atom is 0.472 e. The average Bonchev–Trinajstić information content (AvgIpc) is 1.06. The Balaban J connectivity index is 5.23. The lowest BCUT2D eigenvalue weighted by Gasteiger charge is -2.21. The van der Waals surface area contributed by atoms with Crippen molar-refractivity contribution in [2.75, 3.05) is 39.6 Å². The summed E-state index contributed by atoms with van der Waals surface area (Å²) in [6.45, 7) is 14.2. The SMILES string of the molecule is CC(C)CCCCCCCCCCCCCCCCCC(=O)OC[C@H](COP(=O)(O)OC[C@@H](O)COP(=O)(O)OC[C@@H](COC(=O)CCCCCCCCC(C)C)OC(=O)CCCCCCCCCCCCCCC(C)C)OC(=O)CCCCCCCCCCCCCCC(C)C. The van der Waals surface area contributed by atoms with E-state index in [4.69, 9.17) is 37.0 Å². The number of hydrogen-bond donors (Lipinski definition) is 3. The monoisotopic (exact) mass is 1420 g/mol. The average molecular weight is 1420 g/mol. The zero-order valence-corrected chi connectivity index (χ0v) is 65.5. The van der Waals surface area contributed by atoms with Crippen molar-refractivity contribution >= 4 is 39.5 Å². The molecule has 0 aliphatic rings. The van der Waals surface area contributed by atoms with Gasteiger partial charge < -0.3 is 33.8 Å². The fourth-order valence-corrected chi connectivity index (χ4v) is 13.5. The van der Waals surface area contributed by atoms with Crippen molar-refractivity contribution in [3.8, 4) is 0 Å². The number of rotatable bonds is 75. The van der Waals surface area contributed by atoms with E-state index in [9.17, 15) is 43.2 Å². The van der Waals surface area contributed by atoms with Crippen LogP contribution in [-0.4, -0.2) is 96.7 Å². The summed E-state index contributed by atoms with van der Waals surface area (Å²) in [7, 11) is -9.92. The maximum atomic E-state index is 13.1. The first-order valence-electron chi connectivity index (χ1n) is 40.2. The largest absolute Gasteiger partial charge is 0.472 e. The molecular weight excluding hydrogens is 1270 g/mol. The van der Waals surface area contributed by atoms with Gasteiger partial charge in [0.2, 0.25) is 0 Å². The van der Waals surface area contributed by atoms with Crippen LogP contribution in [0, 0.1) is 23.7 Å². The molecule has 0 rings (SSSR count). The van der Waals surface area contributed by atoms with Crippen molar-refractivity contribution < 1.29 is 80.2 Å². The first-order valence-corrected chi connectivity index (χ1v) is 43.2. The second-order valence-corrected chi connectivity index (χ2v) is 32.9. The van der Waals surface area contributed by atoms with Gasteiger partial charge in [0.05, 0.1) is 26.4 Å². The zero-order valence-electron chi connectivity index (χ0n) is 63.7. The normalized spacial score (nSPS) is 14.1. The number of ether oxygens (including phenoxy) is 4. The van der Waals surface area contributed by atoms with Crippen molar-refractivity contribution in [3.63, 3.8) is 0 Å². The third-order valence-corrected chi connectivity index (χ3v) is 20.0. The highest BCUT2D eigenvalue weighted by atomic mass is 31.2. The molecule has 0 bridgehead atoms. The van der Waals surface area contributed by atoms with E-state index in [1.807, 2.05) is 0 Å². The maximum absolute atomic E-state index is 13.1. The minimum atomic E-state index is -4.96. The van der Waals surface area contributed by atoms with Gasteiger partial charge in [-0.1, -0.05) is 344 Å². The van der Waals surface area contributed by atoms with Crippen LogP contribution in [0.4, 0.5) is 0 Å². The van der Waals surface area contributed by atoms with Gasteiger partial charge in [-0.3, -0.25) is 37.3 Å². The number of hydrogen-bond acceptors (Lipinski definition) is 15. The van der Waals surface area contributed by atoms with Gasteiger partial charge in [-0.05, 0) is 49.4 Å². The summed E-state index contributed by atoms with van der Waals surface area (Å²) in [4.78, 5) is 72.9. The summed E-state index contributed by atoms with van der Waals surface area (Å²) in [5, 5.41) is 10.6. The Morgan fingerprint density at radius 2 is 0.433 bits per heavy atom. The zero-order chi connectivity index (χ0) is 71.7. The molecule has 0 radical (unpaired) electrons. The smallest absolute Gasteiger partial charge is 0.462 e. The Bertz CT molecular complexity index is 1900. The Hall–Kier alpha value is -1.94. The predicted molar refractivity (Wildman–Crippen MR) is 395 cm³/mol. The molecular formula is C78H152O17P2. The number of phosphoric acid groups is 2. The van der Waals surface area contributed by atoms with Crippen LogP contribution < -0.4 is 0 Å². The van der Waals surface area contributed by atoms with Gasteiger partial charge >= 0.3 is 39.5 Å². The first kappa shape index (κ1) is 95.1. The fourth-order valence-electron chi connectivity index (χ4n) is 11.9. The van der Waals surface area contributed by atoms with E-state index in [2.05, 4.69) is 55.4 Å². The molecule has 0 aromatic rings. The van der Waals surface area contributed by atoms with Crippen LogP contribution in [0.2, 0.25) is 0 Å². The summed E-state index contributed by atoms with van der Waals surface area (Å²) >= 11 is 0. The van der Waals surface area contributed by atoms with E-state index in [0.29, 0.717) is 31.6 Å². The van der Waals surface area contributed by atoms with Crippen molar-refractivity contribution in [3.05, 3.63) is 0 Å². The van der Waals surface area contributed by atoms with Crippen LogP contribution in [0.1, 0.15) is 396 Å². The summed E-state index contributed by atoms with van der Waals surface area (Å²) in [5.74, 6) is 0.920. The Morgan fingerprint density at radius 3 is 0.639 bits per heavy atom. The highest BCUT2D eigenvalue weighted by molar-refractivity contribution is 7.47. The van der Waals surface area contributed by atoms with Crippen molar-refractivity contribution in [1.82, 2.24) is 0 Å². The Labute approximate surface area is 594 Å². The van der Waals surface area contributed by atoms with E-state index in [1.165, 1.54) is 193 Å². The van der Waals surface area contributed by atoms with Crippen LogP contribution in [-0.2, 0) is 65.4 Å². The molecule has 3 N–H and O–H groups in total. The standard InChI is InChI=1S/C78H152O17P2/c1-68(2)54-46-38-30-24-18-12-10-9-11-13-21-27-33-42-50-58-75(80)88-64-73(94-77(82)60-52-44-34-28-22-16-14-19-25-31-39-47-55-69(3)4)66-92-96(84,85)90-62-72(79)63-91-97(86,87)93-67-74(65-89-76(81)59-51-43-37-36-41-49-57-71(7)8)95-78(83)61-53-45-35-29-23-17-15-20-26-32-40-48-56-70(5)6/h68-74,79H,9-67H2,1-8H3,(H,84,85)(H,86,87)/t72-,73-,74-/m1/s1. The van der Waals surface area contributed by atoms with Crippen molar-refractivity contribution in [1.29, 1.82) is 0 Å². The predicted octanol–water partition coefficient (Wildman–Crippen LogP) is 22.8. The van der Waals surface area contributed by atoms with Gasteiger partial charge in [0.25, 0.3) is 0 Å². The molecule has 0 amide bonds. The molecule has 0 aliphatic heterocycles. The molecule has 19 heteroatoms. The number of carbonyl (C=O) groups is 4. The fraction of sp³-hybridized carbons (Fsp3) is 0.949. The molecule has 0 aromatic heterocycles. The highest BCUT2D eigenvalue weighted by Gasteiger charge is 2.30. The van der Waals surface area contributed by atoms with Crippen LogP contribution in [0.25, 0.3) is 0 Å². The molecule has 2 unspecified atom stereocenters. The second kappa shape index (κ2) is 67.2. The number of unbranched alkanes of at least 4 members (excludes halogenated alkanes) is 41. The van der Waals surface area contributed by atoms with Crippen LogP contribution in [0.3, 0.4) is 0 Å². The van der Waals surface area contributed by atoms with Gasteiger partial charge in [-0.2, -0.15) is 0 Å². The lowest BCUT2D eigenvalue weighted by Crippen LogP contribution is -2.30. The molecule has 0 fully saturated rings. The van der Waals surface area contributed by atoms with Gasteiger partial charge in [0.15, 0.2) is 12.2 Å². The lowest BCUT2D eigenvalue weighted by molar-refractivity contribution is -0.161. The van der Waals surface area contributed by atoms with Gasteiger partial charge in [0, 0.05) is 25.7 Å². The highest BCUT2D eigenvalue weighted by Crippen LogP contribution is 2.45. The van der Waals surface area contributed by atoms with E-state index >= 15 is 0 Å². The number of phosphoric ester groups is 2. The van der Waals surface area contributed by atoms with Gasteiger partial charge in [0.1, 0.15) is 19.3 Å². The number of carbonyl (C=O) groups excluding carboxylic acids is 4. The molecule has 17 nitrogen and oxygen atoms in total. The van der Waals surface area contributed by atoms with E-state index < -0.39 is 97.5 Å². The molecule has 0 saturated carbocycles. The van der Waals surface area contributed by atoms with Crippen molar-refractivity contribution in [2.45, 2.75) is 414 Å². The molecule has 0 aliphatic carbocycles. The quantitative estimate of drug-likeness (QED) is 0.0222. The molecule has 0 saturated heterocycles. The second-order valence-electron chi connectivity index (χ2n) is 30.0. The van der Waals surface area contributed by atoms with Gasteiger partial charge in [-0.15, -0.1) is 0 Å². The molecule has 0 aromatic carbocycles. The minimum Gasteiger partial charge on any atom is -0.462 e. The Morgan fingerprint density at radius 1 is 0.258 bits per heavy atom. The van der Waals surface area contributed by atoms with Gasteiger partial charge in [-0.25, -0.2) is 9.13 Å². The summed E-state index contributed by atoms with van der Waals surface area (Å²) in [6.07, 6.45) is 52.9. The van der Waals surface area contributed by atoms with Crippen LogP contribution in [0.5, 0.6) is 0 Å².